The third kappa shape index (κ3) is 7.98. The molecule has 1 amide bonds. The van der Waals surface area contributed by atoms with Crippen LogP contribution in [0.2, 0.25) is 5.02 Å². The smallest absolute Gasteiger partial charge is 0.268 e. The average molecular weight is 614 g/mol. The first-order valence-corrected chi connectivity index (χ1v) is 15.6. The van der Waals surface area contributed by atoms with Crippen LogP contribution < -0.4 is 4.72 Å². The van der Waals surface area contributed by atoms with Gasteiger partial charge in [0.25, 0.3) is 11.6 Å². The number of sulfonamides is 2. The molecule has 212 valence electrons. The lowest BCUT2D eigenvalue weighted by Crippen LogP contribution is -2.32. The number of carbonyl (C=O) groups excluding carboxylic acids is 1. The van der Waals surface area contributed by atoms with Gasteiger partial charge in [-0.1, -0.05) is 66.2 Å². The van der Waals surface area contributed by atoms with Crippen molar-refractivity contribution in [2.24, 2.45) is 0 Å². The van der Waals surface area contributed by atoms with Gasteiger partial charge in [-0.2, -0.15) is 4.31 Å². The van der Waals surface area contributed by atoms with Gasteiger partial charge in [-0.15, -0.1) is 0 Å². The Labute approximate surface area is 242 Å². The van der Waals surface area contributed by atoms with Gasteiger partial charge in [0.2, 0.25) is 20.0 Å². The standard InChI is InChI=1S/C28H24ClN3O7S2/c29-25-13-15-27(16-14-25)41(38,39)31(18-21-5-2-1-3-6-21)19-22-9-11-24(12-10-22)28(33)30-40(36,37)20-23-7-4-8-26(17-23)32(34)35/h1-17H,18-20H2,(H,30,33). The monoisotopic (exact) mass is 613 g/mol. The molecule has 10 nitrogen and oxygen atoms in total. The fourth-order valence-corrected chi connectivity index (χ4v) is 6.58. The maximum Gasteiger partial charge on any atom is 0.269 e. The Balaban J connectivity index is 1.50. The number of benzene rings is 4. The molecule has 0 aliphatic carbocycles. The molecule has 0 heterocycles. The minimum absolute atomic E-state index is 0.0210. The number of hydrogen-bond acceptors (Lipinski definition) is 7. The van der Waals surface area contributed by atoms with E-state index < -0.39 is 36.6 Å². The second-order valence-corrected chi connectivity index (χ2v) is 13.1. The van der Waals surface area contributed by atoms with Crippen molar-refractivity contribution in [3.63, 3.8) is 0 Å². The zero-order chi connectivity index (χ0) is 29.6. The summed E-state index contributed by atoms with van der Waals surface area (Å²) >= 11 is 5.94. The quantitative estimate of drug-likeness (QED) is 0.187. The van der Waals surface area contributed by atoms with Crippen molar-refractivity contribution in [3.05, 3.63) is 141 Å². The Morgan fingerprint density at radius 2 is 1.37 bits per heavy atom. The van der Waals surface area contributed by atoms with Crippen LogP contribution in [0.3, 0.4) is 0 Å². The van der Waals surface area contributed by atoms with Gasteiger partial charge in [0.05, 0.1) is 15.6 Å². The summed E-state index contributed by atoms with van der Waals surface area (Å²) < 4.78 is 55.3. The van der Waals surface area contributed by atoms with Crippen LogP contribution in [0.4, 0.5) is 5.69 Å². The first kappa shape index (κ1) is 29.9. The molecular formula is C28H24ClN3O7S2. The zero-order valence-corrected chi connectivity index (χ0v) is 23.8. The van der Waals surface area contributed by atoms with Crippen LogP contribution in [0.1, 0.15) is 27.0 Å². The summed E-state index contributed by atoms with van der Waals surface area (Å²) in [7, 11) is -8.09. The second-order valence-electron chi connectivity index (χ2n) is 9.03. The summed E-state index contributed by atoms with van der Waals surface area (Å²) in [6, 6.07) is 25.9. The molecule has 0 aliphatic heterocycles. The van der Waals surface area contributed by atoms with E-state index in [0.717, 1.165) is 11.6 Å². The van der Waals surface area contributed by atoms with Crippen LogP contribution in [0.15, 0.2) is 108 Å². The summed E-state index contributed by atoms with van der Waals surface area (Å²) in [5, 5.41) is 11.4. The van der Waals surface area contributed by atoms with Gasteiger partial charge in [0.1, 0.15) is 0 Å². The molecule has 0 radical (unpaired) electrons. The van der Waals surface area contributed by atoms with E-state index >= 15 is 0 Å². The number of nitro benzene ring substituents is 1. The molecule has 0 atom stereocenters. The van der Waals surface area contributed by atoms with Crippen molar-refractivity contribution in [2.45, 2.75) is 23.7 Å². The van der Waals surface area contributed by atoms with E-state index in [1.807, 2.05) is 35.1 Å². The number of rotatable bonds is 11. The summed E-state index contributed by atoms with van der Waals surface area (Å²) in [5.74, 6) is -1.52. The molecule has 1 N–H and O–H groups in total. The molecule has 0 saturated carbocycles. The highest BCUT2D eigenvalue weighted by Crippen LogP contribution is 2.23. The van der Waals surface area contributed by atoms with Crippen LogP contribution in [0, 0.1) is 10.1 Å². The Morgan fingerprint density at radius 3 is 1.98 bits per heavy atom. The molecule has 13 heteroatoms. The normalized spacial score (nSPS) is 11.8. The van der Waals surface area contributed by atoms with Crippen molar-refractivity contribution < 1.29 is 26.6 Å². The van der Waals surface area contributed by atoms with E-state index in [2.05, 4.69) is 0 Å². The number of carbonyl (C=O) groups is 1. The third-order valence-corrected chi connectivity index (χ3v) is 9.22. The van der Waals surface area contributed by atoms with Gasteiger partial charge < -0.3 is 0 Å². The molecule has 41 heavy (non-hydrogen) atoms. The largest absolute Gasteiger partial charge is 0.269 e. The topological polar surface area (TPSA) is 144 Å². The Bertz CT molecular complexity index is 1760. The fraction of sp³-hybridized carbons (Fsp3) is 0.107. The first-order chi connectivity index (χ1) is 19.4. The van der Waals surface area contributed by atoms with E-state index in [-0.39, 0.29) is 34.8 Å². The van der Waals surface area contributed by atoms with Crippen molar-refractivity contribution in [3.8, 4) is 0 Å². The minimum atomic E-state index is -4.16. The second kappa shape index (κ2) is 12.6. The average Bonchev–Trinajstić information content (AvgIpc) is 2.93. The summed E-state index contributed by atoms with van der Waals surface area (Å²) in [5.41, 5.74) is 1.25. The number of amides is 1. The number of nitrogens with zero attached hydrogens (tertiary/aromatic N) is 2. The summed E-state index contributed by atoms with van der Waals surface area (Å²) in [4.78, 5) is 23.0. The molecule has 0 fully saturated rings. The molecule has 0 bridgehead atoms. The van der Waals surface area contributed by atoms with Gasteiger partial charge in [0, 0.05) is 35.8 Å². The number of halogens is 1. The van der Waals surface area contributed by atoms with E-state index in [9.17, 15) is 31.7 Å². The van der Waals surface area contributed by atoms with E-state index in [1.54, 1.807) is 0 Å². The van der Waals surface area contributed by atoms with Crippen molar-refractivity contribution in [1.82, 2.24) is 9.03 Å². The van der Waals surface area contributed by atoms with Crippen LogP contribution in [0.5, 0.6) is 0 Å². The molecule has 4 aromatic rings. The highest BCUT2D eigenvalue weighted by atomic mass is 35.5. The van der Waals surface area contributed by atoms with Gasteiger partial charge >= 0.3 is 0 Å². The van der Waals surface area contributed by atoms with Crippen LogP contribution in [0.25, 0.3) is 0 Å². The number of non-ortho nitro benzene ring substituents is 1. The molecule has 0 aromatic heterocycles. The maximum atomic E-state index is 13.5. The zero-order valence-electron chi connectivity index (χ0n) is 21.4. The maximum absolute atomic E-state index is 13.5. The molecule has 0 saturated heterocycles. The van der Waals surface area contributed by atoms with Gasteiger partial charge in [0.15, 0.2) is 0 Å². The fourth-order valence-electron chi connectivity index (χ4n) is 3.95. The van der Waals surface area contributed by atoms with E-state index in [4.69, 9.17) is 11.6 Å². The highest BCUT2D eigenvalue weighted by Gasteiger charge is 2.25. The van der Waals surface area contributed by atoms with Gasteiger partial charge in [-0.25, -0.2) is 21.6 Å². The summed E-state index contributed by atoms with van der Waals surface area (Å²) in [6.07, 6.45) is 0. The lowest BCUT2D eigenvalue weighted by Gasteiger charge is -2.23. The van der Waals surface area contributed by atoms with E-state index in [1.165, 1.54) is 71.0 Å². The van der Waals surface area contributed by atoms with E-state index in [0.29, 0.717) is 10.6 Å². The lowest BCUT2D eigenvalue weighted by molar-refractivity contribution is -0.384. The first-order valence-electron chi connectivity index (χ1n) is 12.1. The molecule has 4 rings (SSSR count). The van der Waals surface area contributed by atoms with Crippen molar-refractivity contribution in [2.75, 3.05) is 0 Å². The predicted octanol–water partition coefficient (Wildman–Crippen LogP) is 4.90. The number of nitro groups is 1. The molecule has 0 unspecified atom stereocenters. The lowest BCUT2D eigenvalue weighted by atomic mass is 10.1. The number of hydrogen-bond donors (Lipinski definition) is 1. The van der Waals surface area contributed by atoms with Gasteiger partial charge in [-0.05, 0) is 53.1 Å². The van der Waals surface area contributed by atoms with Crippen LogP contribution in [-0.2, 0) is 38.9 Å². The highest BCUT2D eigenvalue weighted by molar-refractivity contribution is 7.89. The van der Waals surface area contributed by atoms with Crippen LogP contribution in [-0.4, -0.2) is 32.0 Å². The Hall–Kier alpha value is -4.10. The van der Waals surface area contributed by atoms with Gasteiger partial charge in [-0.3, -0.25) is 14.9 Å². The summed E-state index contributed by atoms with van der Waals surface area (Å²) in [6.45, 7) is 0.0662. The molecule has 0 aliphatic rings. The Morgan fingerprint density at radius 1 is 0.780 bits per heavy atom. The minimum Gasteiger partial charge on any atom is -0.268 e. The molecule has 0 spiro atoms. The SMILES string of the molecule is O=C(NS(=O)(=O)Cc1cccc([N+](=O)[O-])c1)c1ccc(CN(Cc2ccccc2)S(=O)(=O)c2ccc(Cl)cc2)cc1. The molecule has 4 aromatic carbocycles. The predicted molar refractivity (Wildman–Crippen MR) is 154 cm³/mol. The molecular weight excluding hydrogens is 590 g/mol. The third-order valence-electron chi connectivity index (χ3n) is 5.95. The Kier molecular flexibility index (Phi) is 9.18. The van der Waals surface area contributed by atoms with Crippen LogP contribution >= 0.6 is 11.6 Å². The van der Waals surface area contributed by atoms with Crippen molar-refractivity contribution >= 4 is 43.2 Å². The van der Waals surface area contributed by atoms with Crippen molar-refractivity contribution in [1.29, 1.82) is 0 Å². The number of nitrogens with one attached hydrogen (secondary N) is 1.